The number of nitrogens with zero attached hydrogens (tertiary/aromatic N) is 1. The van der Waals surface area contributed by atoms with Crippen LogP contribution in [0.15, 0.2) is 42.5 Å². The lowest BCUT2D eigenvalue weighted by Crippen LogP contribution is -2.45. The molecule has 0 radical (unpaired) electrons. The Morgan fingerprint density at radius 1 is 1.42 bits per heavy atom. The zero-order valence-corrected chi connectivity index (χ0v) is 10.6. The molecule has 1 aromatic carbocycles. The van der Waals surface area contributed by atoms with E-state index in [0.717, 1.165) is 5.56 Å². The molecule has 1 aliphatic heterocycles. The van der Waals surface area contributed by atoms with Crippen LogP contribution in [0.1, 0.15) is 5.56 Å². The summed E-state index contributed by atoms with van der Waals surface area (Å²) in [6.07, 6.45) is 2.20. The maximum atomic E-state index is 11.9. The highest BCUT2D eigenvalue weighted by Gasteiger charge is 2.23. The van der Waals surface area contributed by atoms with Crippen molar-refractivity contribution in [2.24, 2.45) is 5.73 Å². The molecular formula is C14H18N2O3. The standard InChI is InChI=1S/C14H18N2O3/c15-12-9-16(8-4-7-13(12)17)14(18)19-10-11-5-2-1-3-6-11/h1-7,12-13,17H,8-10,15H2/t12-,13+/m0/s1. The zero-order chi connectivity index (χ0) is 13.7. The predicted octanol–water partition coefficient (Wildman–Crippen LogP) is 0.883. The largest absolute Gasteiger partial charge is 0.445 e. The fraction of sp³-hybridized carbons (Fsp3) is 0.357. The number of rotatable bonds is 2. The Balaban J connectivity index is 1.88. The van der Waals surface area contributed by atoms with Crippen LogP contribution in [0.5, 0.6) is 0 Å². The van der Waals surface area contributed by atoms with Gasteiger partial charge in [-0.05, 0) is 5.56 Å². The van der Waals surface area contributed by atoms with Gasteiger partial charge >= 0.3 is 6.09 Å². The number of carbonyl (C=O) groups excluding carboxylic acids is 1. The molecule has 102 valence electrons. The Morgan fingerprint density at radius 3 is 2.89 bits per heavy atom. The van der Waals surface area contributed by atoms with Gasteiger partial charge in [0.25, 0.3) is 0 Å². The topological polar surface area (TPSA) is 75.8 Å². The maximum Gasteiger partial charge on any atom is 0.410 e. The predicted molar refractivity (Wildman–Crippen MR) is 71.3 cm³/mol. The van der Waals surface area contributed by atoms with Gasteiger partial charge in [-0.25, -0.2) is 4.79 Å². The summed E-state index contributed by atoms with van der Waals surface area (Å²) in [4.78, 5) is 13.4. The van der Waals surface area contributed by atoms with E-state index < -0.39 is 18.2 Å². The first-order chi connectivity index (χ1) is 9.16. The smallest absolute Gasteiger partial charge is 0.410 e. The Labute approximate surface area is 112 Å². The number of aliphatic hydroxyl groups excluding tert-OH is 1. The summed E-state index contributed by atoms with van der Waals surface area (Å²) in [7, 11) is 0. The van der Waals surface area contributed by atoms with Crippen molar-refractivity contribution in [2.75, 3.05) is 13.1 Å². The van der Waals surface area contributed by atoms with Crippen molar-refractivity contribution in [1.29, 1.82) is 0 Å². The van der Waals surface area contributed by atoms with Gasteiger partial charge in [0.1, 0.15) is 6.61 Å². The van der Waals surface area contributed by atoms with Crippen molar-refractivity contribution in [2.45, 2.75) is 18.8 Å². The number of amides is 1. The SMILES string of the molecule is N[C@H]1CN(C(=O)OCc2ccccc2)CC=C[C@H]1O. The number of hydrogen-bond donors (Lipinski definition) is 2. The monoisotopic (exact) mass is 262 g/mol. The molecule has 1 heterocycles. The number of hydrogen-bond acceptors (Lipinski definition) is 4. The average Bonchev–Trinajstić information content (AvgIpc) is 2.60. The number of benzene rings is 1. The van der Waals surface area contributed by atoms with Gasteiger partial charge in [-0.15, -0.1) is 0 Å². The second-order valence-corrected chi connectivity index (χ2v) is 4.53. The third-order valence-corrected chi connectivity index (χ3v) is 2.99. The molecule has 0 fully saturated rings. The van der Waals surface area contributed by atoms with Crippen LogP contribution < -0.4 is 5.73 Å². The highest BCUT2D eigenvalue weighted by Crippen LogP contribution is 2.07. The van der Waals surface area contributed by atoms with Gasteiger partial charge in [0.15, 0.2) is 0 Å². The van der Waals surface area contributed by atoms with Crippen LogP contribution in [-0.4, -0.2) is 41.3 Å². The normalized spacial score (nSPS) is 22.9. The van der Waals surface area contributed by atoms with Crippen LogP contribution in [0.25, 0.3) is 0 Å². The second-order valence-electron chi connectivity index (χ2n) is 4.53. The molecule has 0 spiro atoms. The van der Waals surface area contributed by atoms with Crippen molar-refractivity contribution < 1.29 is 14.6 Å². The minimum absolute atomic E-state index is 0.234. The van der Waals surface area contributed by atoms with E-state index in [4.69, 9.17) is 10.5 Å². The first-order valence-corrected chi connectivity index (χ1v) is 6.23. The molecular weight excluding hydrogens is 244 g/mol. The molecule has 19 heavy (non-hydrogen) atoms. The van der Waals surface area contributed by atoms with Crippen molar-refractivity contribution >= 4 is 6.09 Å². The van der Waals surface area contributed by atoms with E-state index in [-0.39, 0.29) is 13.2 Å². The van der Waals surface area contributed by atoms with Crippen LogP contribution >= 0.6 is 0 Å². The lowest BCUT2D eigenvalue weighted by atomic mass is 10.2. The molecule has 5 nitrogen and oxygen atoms in total. The molecule has 0 bridgehead atoms. The Morgan fingerprint density at radius 2 is 2.16 bits per heavy atom. The first kappa shape index (κ1) is 13.6. The fourth-order valence-corrected chi connectivity index (χ4v) is 1.87. The van der Waals surface area contributed by atoms with Gasteiger partial charge in [-0.2, -0.15) is 0 Å². The fourth-order valence-electron chi connectivity index (χ4n) is 1.87. The van der Waals surface area contributed by atoms with Crippen molar-refractivity contribution in [3.05, 3.63) is 48.0 Å². The molecule has 0 saturated heterocycles. The summed E-state index contributed by atoms with van der Waals surface area (Å²) >= 11 is 0. The number of aliphatic hydroxyl groups is 1. The second kappa shape index (κ2) is 6.36. The molecule has 3 N–H and O–H groups in total. The number of ether oxygens (including phenoxy) is 1. The maximum absolute atomic E-state index is 11.9. The van der Waals surface area contributed by atoms with E-state index in [1.165, 1.54) is 4.90 Å². The summed E-state index contributed by atoms with van der Waals surface area (Å²) in [5, 5.41) is 9.57. The third kappa shape index (κ3) is 3.81. The quantitative estimate of drug-likeness (QED) is 0.776. The molecule has 1 amide bonds. The summed E-state index contributed by atoms with van der Waals surface area (Å²) in [6.45, 7) is 0.915. The third-order valence-electron chi connectivity index (χ3n) is 2.99. The Kier molecular flexibility index (Phi) is 4.54. The van der Waals surface area contributed by atoms with Crippen LogP contribution in [0, 0.1) is 0 Å². The van der Waals surface area contributed by atoms with Crippen molar-refractivity contribution in [3.8, 4) is 0 Å². The molecule has 0 unspecified atom stereocenters. The van der Waals surface area contributed by atoms with Crippen LogP contribution in [-0.2, 0) is 11.3 Å². The molecule has 0 saturated carbocycles. The summed E-state index contributed by atoms with van der Waals surface area (Å²) in [5.74, 6) is 0. The highest BCUT2D eigenvalue weighted by atomic mass is 16.6. The number of nitrogens with two attached hydrogens (primary N) is 1. The lowest BCUT2D eigenvalue weighted by molar-refractivity contribution is 0.0927. The van der Waals surface area contributed by atoms with Gasteiger partial charge in [0, 0.05) is 13.1 Å². The first-order valence-electron chi connectivity index (χ1n) is 6.23. The van der Waals surface area contributed by atoms with Gasteiger partial charge in [0.2, 0.25) is 0 Å². The zero-order valence-electron chi connectivity index (χ0n) is 10.6. The van der Waals surface area contributed by atoms with Crippen LogP contribution in [0.4, 0.5) is 4.79 Å². The summed E-state index contributed by atoms with van der Waals surface area (Å²) in [6, 6.07) is 9.00. The molecule has 1 aliphatic rings. The van der Waals surface area contributed by atoms with Gasteiger partial charge < -0.3 is 20.5 Å². The lowest BCUT2D eigenvalue weighted by Gasteiger charge is -2.23. The minimum Gasteiger partial charge on any atom is -0.445 e. The van der Waals surface area contributed by atoms with Gasteiger partial charge in [-0.1, -0.05) is 42.5 Å². The van der Waals surface area contributed by atoms with E-state index in [1.54, 1.807) is 12.2 Å². The number of carbonyl (C=O) groups is 1. The molecule has 1 aromatic rings. The average molecular weight is 262 g/mol. The summed E-state index contributed by atoms with van der Waals surface area (Å²) < 4.78 is 5.22. The van der Waals surface area contributed by atoms with E-state index >= 15 is 0 Å². The van der Waals surface area contributed by atoms with Crippen LogP contribution in [0.2, 0.25) is 0 Å². The van der Waals surface area contributed by atoms with Crippen molar-refractivity contribution in [1.82, 2.24) is 4.90 Å². The molecule has 0 aromatic heterocycles. The van der Waals surface area contributed by atoms with Crippen LogP contribution in [0.3, 0.4) is 0 Å². The minimum atomic E-state index is -0.716. The van der Waals surface area contributed by atoms with Gasteiger partial charge in [-0.3, -0.25) is 0 Å². The highest BCUT2D eigenvalue weighted by molar-refractivity contribution is 5.68. The molecule has 0 aliphatic carbocycles. The Bertz CT molecular complexity index is 447. The summed E-state index contributed by atoms with van der Waals surface area (Å²) in [5.41, 5.74) is 6.70. The van der Waals surface area contributed by atoms with Crippen molar-refractivity contribution in [3.63, 3.8) is 0 Å². The van der Waals surface area contributed by atoms with Gasteiger partial charge in [0.05, 0.1) is 12.1 Å². The van der Waals surface area contributed by atoms with E-state index in [0.29, 0.717) is 6.54 Å². The van der Waals surface area contributed by atoms with E-state index in [9.17, 15) is 9.90 Å². The Hall–Kier alpha value is -1.85. The van der Waals surface area contributed by atoms with E-state index in [1.807, 2.05) is 30.3 Å². The molecule has 2 atom stereocenters. The molecule has 2 rings (SSSR count). The molecule has 5 heteroatoms. The van der Waals surface area contributed by atoms with E-state index in [2.05, 4.69) is 0 Å².